The molecule has 0 fully saturated rings. The van der Waals surface area contributed by atoms with Crippen LogP contribution in [0.1, 0.15) is 139 Å². The molecular formula is C74H68N4O8. The van der Waals surface area contributed by atoms with Gasteiger partial charge in [-0.25, -0.2) is 0 Å². The Hall–Kier alpha value is -9.88. The molecule has 0 radical (unpaired) electrons. The highest BCUT2D eigenvalue weighted by molar-refractivity contribution is 6.31. The third-order valence-electron chi connectivity index (χ3n) is 15.8. The molecule has 0 aliphatic heterocycles. The van der Waals surface area contributed by atoms with Gasteiger partial charge in [0.15, 0.2) is 0 Å². The summed E-state index contributed by atoms with van der Waals surface area (Å²) in [4.78, 5) is 43.4. The molecule has 0 N–H and O–H groups in total. The lowest BCUT2D eigenvalue weighted by Gasteiger charge is -2.15. The van der Waals surface area contributed by atoms with Crippen LogP contribution in [0.25, 0.3) is 86.2 Å². The lowest BCUT2D eigenvalue weighted by Crippen LogP contribution is -1.99. The third-order valence-corrected chi connectivity index (χ3v) is 15.8. The Morgan fingerprint density at radius 1 is 0.337 bits per heavy atom. The van der Waals surface area contributed by atoms with E-state index in [9.17, 15) is 40.2 Å². The van der Waals surface area contributed by atoms with E-state index in [2.05, 4.69) is 24.3 Å². The van der Waals surface area contributed by atoms with E-state index in [0.717, 1.165) is 199 Å². The lowest BCUT2D eigenvalue weighted by atomic mass is 9.87. The minimum atomic E-state index is 0.219. The summed E-state index contributed by atoms with van der Waals surface area (Å²) in [7, 11) is 0. The number of aldehydes is 2. The summed E-state index contributed by atoms with van der Waals surface area (Å²) in [6, 6.07) is 48.9. The predicted octanol–water partition coefficient (Wildman–Crippen LogP) is 17.4. The van der Waals surface area contributed by atoms with Crippen molar-refractivity contribution in [3.05, 3.63) is 144 Å². The summed E-state index contributed by atoms with van der Waals surface area (Å²) in [5.74, 6) is 3.53. The Morgan fingerprint density at radius 3 is 0.814 bits per heavy atom. The van der Waals surface area contributed by atoms with Gasteiger partial charge in [-0.15, -0.1) is 0 Å². The number of carbonyl (C=O) groups is 4. The van der Waals surface area contributed by atoms with Crippen molar-refractivity contribution in [1.82, 2.24) is 0 Å². The number of rotatable bonds is 28. The van der Waals surface area contributed by atoms with E-state index < -0.39 is 0 Å². The van der Waals surface area contributed by atoms with Crippen LogP contribution in [0.3, 0.4) is 0 Å². The quantitative estimate of drug-likeness (QED) is 0.0256. The molecule has 12 heteroatoms. The van der Waals surface area contributed by atoms with Crippen molar-refractivity contribution in [3.8, 4) is 47.3 Å². The molecule has 432 valence electrons. The first-order valence-corrected chi connectivity index (χ1v) is 29.9. The number of hydrogen-bond donors (Lipinski definition) is 0. The Bertz CT molecular complexity index is 4110. The second-order valence-electron chi connectivity index (χ2n) is 21.9. The number of ether oxygens (including phenoxy) is 4. The van der Waals surface area contributed by atoms with Gasteiger partial charge in [0.05, 0.1) is 48.7 Å². The Morgan fingerprint density at radius 2 is 0.581 bits per heavy atom. The van der Waals surface area contributed by atoms with Crippen molar-refractivity contribution in [2.24, 2.45) is 0 Å². The molecule has 0 aliphatic rings. The summed E-state index contributed by atoms with van der Waals surface area (Å²) in [6.45, 7) is 5.57. The molecule has 0 aromatic heterocycles. The highest BCUT2D eigenvalue weighted by Gasteiger charge is 2.21. The number of unbranched alkanes of at least 4 members (excludes halogenated alkanes) is 10. The first-order chi connectivity index (χ1) is 42.1. The summed E-state index contributed by atoms with van der Waals surface area (Å²) < 4.78 is 24.1. The molecule has 0 amide bonds. The summed E-state index contributed by atoms with van der Waals surface area (Å²) in [5, 5.41) is 55.2. The van der Waals surface area contributed by atoms with E-state index in [1.807, 2.05) is 121 Å². The molecule has 10 rings (SSSR count). The molecule has 10 aromatic carbocycles. The minimum Gasteiger partial charge on any atom is -0.494 e. The Kier molecular flexibility index (Phi) is 20.9. The monoisotopic (exact) mass is 1140 g/mol. The molecule has 0 bridgehead atoms. The van der Waals surface area contributed by atoms with Gasteiger partial charge in [-0.05, 0) is 204 Å². The molecule has 0 aliphatic carbocycles. The third kappa shape index (κ3) is 14.0. The number of carbonyl (C=O) groups excluding carboxylic acids is 4. The van der Waals surface area contributed by atoms with E-state index in [-0.39, 0.29) is 11.6 Å². The van der Waals surface area contributed by atoms with Crippen molar-refractivity contribution in [1.29, 1.82) is 21.0 Å². The highest BCUT2D eigenvalue weighted by atomic mass is 16.5. The number of nitrogens with zero attached hydrogens (tertiary/aromatic N) is 4. The zero-order chi connectivity index (χ0) is 60.4. The lowest BCUT2D eigenvalue weighted by molar-refractivity contribution is -0.118. The van der Waals surface area contributed by atoms with Crippen molar-refractivity contribution in [2.75, 3.05) is 26.4 Å². The first-order valence-electron chi connectivity index (χ1n) is 29.9. The average molecular weight is 1140 g/mol. The van der Waals surface area contributed by atoms with E-state index in [1.165, 1.54) is 0 Å². The molecule has 12 nitrogen and oxygen atoms in total. The van der Waals surface area contributed by atoms with Gasteiger partial charge in [0, 0.05) is 47.2 Å². The van der Waals surface area contributed by atoms with Crippen LogP contribution in [0.15, 0.2) is 121 Å². The van der Waals surface area contributed by atoms with Crippen LogP contribution in [-0.2, 0) is 19.2 Å². The molecule has 10 aromatic rings. The van der Waals surface area contributed by atoms with E-state index in [1.54, 1.807) is 13.8 Å². The summed E-state index contributed by atoms with van der Waals surface area (Å²) in [6.07, 6.45) is 15.1. The molecule has 0 heterocycles. The van der Waals surface area contributed by atoms with Crippen molar-refractivity contribution < 1.29 is 38.1 Å². The smallest absolute Gasteiger partial charge is 0.129 e. The van der Waals surface area contributed by atoms with Crippen LogP contribution in [0, 0.1) is 45.3 Å². The molecule has 0 unspecified atom stereocenters. The minimum absolute atomic E-state index is 0.219. The standard InChI is InChI=1S/C38H36N2O4.C36H32N2O4/c1-25(41)9-5-3-7-19-43-29-13-17-31-27(21-29)11-15-33-35(23-39)36(24-40)34-16-12-28-22-30(14-18-32(28)38(34)37(31)33)44-20-8-4-6-10-26(2)42;37-23-33-31-13-9-25-21-27(41-19-7-3-1-5-17-39)11-15-29(25)35(31)36-30-16-12-28(42-20-8-4-2-6-18-40)22-26(30)10-14-32(36)34(33)24-38/h11-18,21-22H,3-10,19-20H2,1-2H3;9-18,21-22H,1-8,19-20H2. The van der Waals surface area contributed by atoms with Crippen LogP contribution in [-0.4, -0.2) is 50.6 Å². The van der Waals surface area contributed by atoms with Gasteiger partial charge in [-0.1, -0.05) is 72.8 Å². The largest absolute Gasteiger partial charge is 0.494 e. The van der Waals surface area contributed by atoms with Crippen LogP contribution in [0.4, 0.5) is 0 Å². The van der Waals surface area contributed by atoms with Gasteiger partial charge < -0.3 is 38.1 Å². The van der Waals surface area contributed by atoms with Gasteiger partial charge in [-0.3, -0.25) is 0 Å². The number of Topliss-reactive ketones (excluding diaryl/α,β-unsaturated/α-hetero) is 2. The predicted molar refractivity (Wildman–Crippen MR) is 341 cm³/mol. The molecule has 86 heavy (non-hydrogen) atoms. The molecule has 0 atom stereocenters. The molecule has 0 spiro atoms. The van der Waals surface area contributed by atoms with Crippen molar-refractivity contribution >= 4 is 110 Å². The fraction of sp³-hybridized carbons (Fsp3) is 0.297. The number of benzene rings is 10. The highest BCUT2D eigenvalue weighted by Crippen LogP contribution is 2.44. The van der Waals surface area contributed by atoms with Gasteiger partial charge in [-0.2, -0.15) is 21.0 Å². The Balaban J connectivity index is 0.000000206. The number of fused-ring (bicyclic) bond motifs is 14. The van der Waals surface area contributed by atoms with Crippen LogP contribution < -0.4 is 18.9 Å². The number of nitriles is 4. The number of ketones is 2. The average Bonchev–Trinajstić information content (AvgIpc) is 0.817. The maximum Gasteiger partial charge on any atom is 0.129 e. The van der Waals surface area contributed by atoms with E-state index in [0.29, 0.717) is 74.4 Å². The van der Waals surface area contributed by atoms with Crippen LogP contribution in [0.2, 0.25) is 0 Å². The van der Waals surface area contributed by atoms with Crippen molar-refractivity contribution in [2.45, 2.75) is 117 Å². The van der Waals surface area contributed by atoms with Gasteiger partial charge in [0.25, 0.3) is 0 Å². The maximum atomic E-state index is 11.2. The fourth-order valence-corrected chi connectivity index (χ4v) is 11.6. The topological polar surface area (TPSA) is 200 Å². The van der Waals surface area contributed by atoms with E-state index >= 15 is 0 Å². The van der Waals surface area contributed by atoms with E-state index in [4.69, 9.17) is 18.9 Å². The normalized spacial score (nSPS) is 11.0. The zero-order valence-corrected chi connectivity index (χ0v) is 48.9. The molecular weight excluding hydrogens is 1070 g/mol. The molecule has 0 saturated heterocycles. The van der Waals surface area contributed by atoms with Gasteiger partial charge in [0.2, 0.25) is 0 Å². The fourth-order valence-electron chi connectivity index (χ4n) is 11.6. The van der Waals surface area contributed by atoms with Crippen molar-refractivity contribution in [3.63, 3.8) is 0 Å². The second kappa shape index (κ2) is 29.6. The van der Waals surface area contributed by atoms with Gasteiger partial charge >= 0.3 is 0 Å². The summed E-state index contributed by atoms with van der Waals surface area (Å²) >= 11 is 0. The zero-order valence-electron chi connectivity index (χ0n) is 48.9. The SMILES string of the molecule is CC(=O)CCCCCOc1ccc2c(ccc3c(C#N)c(C#N)c4ccc5cc(OCCCCCC(C)=O)ccc5c4c32)c1.N#Cc1c(C#N)c2ccc3cc(OCCCCCC=O)ccc3c2c2c1ccc1cc(OCCCCCC=O)ccc12. The second-order valence-corrected chi connectivity index (χ2v) is 21.9. The van der Waals surface area contributed by atoms with Crippen LogP contribution >= 0.6 is 0 Å². The summed E-state index contributed by atoms with van der Waals surface area (Å²) in [5.41, 5.74) is 1.52. The first kappa shape index (κ1) is 60.7. The van der Waals surface area contributed by atoms with Crippen LogP contribution in [0.5, 0.6) is 23.0 Å². The Labute approximate surface area is 501 Å². The molecule has 0 saturated carbocycles. The van der Waals surface area contributed by atoms with Gasteiger partial charge in [0.1, 0.15) is 71.4 Å². The number of hydrogen-bond acceptors (Lipinski definition) is 12. The maximum absolute atomic E-state index is 11.2.